The van der Waals surface area contributed by atoms with Gasteiger partial charge in [-0.1, -0.05) is 57.2 Å². The normalized spacial score (nSPS) is 18.8. The van der Waals surface area contributed by atoms with Crippen LogP contribution in [0.1, 0.15) is 41.5 Å². The van der Waals surface area contributed by atoms with E-state index in [-0.39, 0.29) is 16.2 Å². The van der Waals surface area contributed by atoms with E-state index in [2.05, 4.69) is 25.9 Å². The van der Waals surface area contributed by atoms with Gasteiger partial charge in [-0.15, -0.1) is 0 Å². The van der Waals surface area contributed by atoms with Crippen LogP contribution in [0.15, 0.2) is 60.7 Å². The van der Waals surface area contributed by atoms with Gasteiger partial charge in [0.2, 0.25) is 7.29 Å². The molecule has 0 bridgehead atoms. The lowest BCUT2D eigenvalue weighted by Crippen LogP contribution is -2.48. The topological polar surface area (TPSA) is 46.2 Å². The maximum atomic E-state index is 14.7. The molecule has 3 nitrogen and oxygen atoms in total. The Morgan fingerprint density at radius 1 is 0.806 bits per heavy atom. The van der Waals surface area contributed by atoms with E-state index in [9.17, 15) is 8.77 Å². The van der Waals surface area contributed by atoms with Gasteiger partial charge in [-0.05, 0) is 69.7 Å². The minimum Gasteiger partial charge on any atom is -0.297 e. The van der Waals surface area contributed by atoms with E-state index >= 15 is 0 Å². The molecule has 165 valence electrons. The second-order valence-electron chi connectivity index (χ2n) is 9.93. The van der Waals surface area contributed by atoms with Crippen molar-refractivity contribution in [1.29, 1.82) is 0 Å². The highest BCUT2D eigenvalue weighted by Gasteiger charge is 2.48. The Morgan fingerprint density at radius 3 is 1.71 bits per heavy atom. The van der Waals surface area contributed by atoms with Crippen molar-refractivity contribution in [3.8, 4) is 0 Å². The first-order valence-corrected chi connectivity index (χ1v) is 13.5. The Labute approximate surface area is 191 Å². The second kappa shape index (κ2) is 9.33. The molecule has 0 aliphatic heterocycles. The summed E-state index contributed by atoms with van der Waals surface area (Å²) < 4.78 is 27.6. The van der Waals surface area contributed by atoms with Gasteiger partial charge < -0.3 is 0 Å². The molecule has 1 aliphatic carbocycles. The van der Waals surface area contributed by atoms with Gasteiger partial charge in [0.05, 0.1) is 5.25 Å². The molecule has 1 aliphatic rings. The van der Waals surface area contributed by atoms with Gasteiger partial charge in [-0.25, -0.2) is 0 Å². The summed E-state index contributed by atoms with van der Waals surface area (Å²) >= 11 is 0. The first-order valence-electron chi connectivity index (χ1n) is 10.6. The molecule has 1 N–H and O–H groups in total. The first kappa shape index (κ1) is 24.4. The fraction of sp³-hybridized carbons (Fsp3) is 0.346. The van der Waals surface area contributed by atoms with Gasteiger partial charge >= 0.3 is 0 Å². The summed E-state index contributed by atoms with van der Waals surface area (Å²) in [7, 11) is -4.34. The highest BCUT2D eigenvalue weighted by Crippen LogP contribution is 2.50. The van der Waals surface area contributed by atoms with Gasteiger partial charge in [-0.3, -0.25) is 13.9 Å². The van der Waals surface area contributed by atoms with Crippen molar-refractivity contribution in [2.75, 3.05) is 0 Å². The maximum absolute atomic E-state index is 14.7. The van der Waals surface area contributed by atoms with Crippen molar-refractivity contribution in [3.05, 3.63) is 91.1 Å². The molecule has 3 rings (SSSR count). The third-order valence-electron chi connectivity index (χ3n) is 5.29. The van der Waals surface area contributed by atoms with Crippen molar-refractivity contribution < 1.29 is 8.77 Å². The molecule has 0 saturated heterocycles. The monoisotopic (exact) mass is 454 g/mol. The Hall–Kier alpha value is -1.22. The van der Waals surface area contributed by atoms with Crippen LogP contribution in [0.5, 0.6) is 0 Å². The van der Waals surface area contributed by atoms with Crippen molar-refractivity contribution in [3.63, 3.8) is 0 Å². The molecule has 0 heterocycles. The zero-order valence-electron chi connectivity index (χ0n) is 19.3. The van der Waals surface area contributed by atoms with E-state index < -0.39 is 18.1 Å². The second-order valence-corrected chi connectivity index (χ2v) is 14.6. The highest BCUT2D eigenvalue weighted by atomic mass is 32.2. The predicted octanol–water partition coefficient (Wildman–Crippen LogP) is 5.20. The molecule has 31 heavy (non-hydrogen) atoms. The van der Waals surface area contributed by atoms with Gasteiger partial charge in [0, 0.05) is 38.1 Å². The predicted molar refractivity (Wildman–Crippen MR) is 133 cm³/mol. The molecule has 0 spiro atoms. The van der Waals surface area contributed by atoms with Crippen molar-refractivity contribution in [2.24, 2.45) is 5.41 Å². The average Bonchev–Trinajstić information content (AvgIpc) is 3.20. The molecule has 5 heteroatoms. The van der Waals surface area contributed by atoms with Gasteiger partial charge in [0.1, 0.15) is 0 Å². The van der Waals surface area contributed by atoms with E-state index in [4.69, 9.17) is 0 Å². The molecule has 2 aromatic rings. The highest BCUT2D eigenvalue weighted by molar-refractivity contribution is 7.89. The summed E-state index contributed by atoms with van der Waals surface area (Å²) in [5.41, 5.74) is -0.260. The first-order chi connectivity index (χ1) is 14.4. The van der Waals surface area contributed by atoms with Crippen LogP contribution in [-0.2, 0) is 15.4 Å². The quantitative estimate of drug-likeness (QED) is 0.611. The van der Waals surface area contributed by atoms with Crippen molar-refractivity contribution in [2.45, 2.75) is 52.3 Å². The summed E-state index contributed by atoms with van der Waals surface area (Å²) in [6.45, 7) is 12.3. The fourth-order valence-corrected chi connectivity index (χ4v) is 7.57. The molecule has 1 saturated carbocycles. The SMILES string of the molecule is CC(C)(C)[C@H](NP(=O)(c1ccccc1)c1ccccc1)[C]1[CH][CH][CH][C]1[S@@](=O)C(C)(C)C. The number of benzene rings is 2. The lowest BCUT2D eigenvalue weighted by Gasteiger charge is -2.41. The standard InChI is InChI=1S/C26H33NO2PS/c1-25(2,3)24(22-18-13-19-23(22)31(29)26(4,5)6)27-30(28,20-14-9-7-10-15-20)21-16-11-8-12-17-21/h7-19,24H,1-6H3,(H,27,28)/t24-,31-/m1/s1. The van der Waals surface area contributed by atoms with Gasteiger partial charge in [0.15, 0.2) is 0 Å². The molecule has 1 fully saturated rings. The van der Waals surface area contributed by atoms with E-state index in [0.29, 0.717) is 0 Å². The maximum Gasteiger partial charge on any atom is 0.204 e. The minimum atomic E-state index is -3.16. The molecule has 2 atom stereocenters. The third kappa shape index (κ3) is 5.41. The molecular formula is C26H33NO2PS. The Bertz CT molecular complexity index is 888. The Balaban J connectivity index is 2.06. The largest absolute Gasteiger partial charge is 0.297 e. The summed E-state index contributed by atoms with van der Waals surface area (Å²) in [6, 6.07) is 18.9. The summed E-state index contributed by atoms with van der Waals surface area (Å²) in [6.07, 6.45) is 5.90. The van der Waals surface area contributed by atoms with Crippen molar-refractivity contribution >= 4 is 28.7 Å². The smallest absolute Gasteiger partial charge is 0.204 e. The molecule has 2 aromatic carbocycles. The average molecular weight is 455 g/mol. The number of nitrogens with one attached hydrogen (secondary N) is 1. The molecule has 5 radical (unpaired) electrons. The van der Waals surface area contributed by atoms with Crippen LogP contribution in [-0.4, -0.2) is 15.0 Å². The van der Waals surface area contributed by atoms with Crippen LogP contribution in [0, 0.1) is 35.8 Å². The van der Waals surface area contributed by atoms with Crippen LogP contribution in [0.4, 0.5) is 0 Å². The molecule has 0 amide bonds. The minimum absolute atomic E-state index is 0.255. The molecule has 0 unspecified atom stereocenters. The molecule has 0 aromatic heterocycles. The van der Waals surface area contributed by atoms with Crippen LogP contribution in [0.25, 0.3) is 0 Å². The van der Waals surface area contributed by atoms with E-state index in [1.807, 2.05) is 101 Å². The van der Waals surface area contributed by atoms with Crippen LogP contribution in [0.2, 0.25) is 0 Å². The third-order valence-corrected chi connectivity index (χ3v) is 9.85. The van der Waals surface area contributed by atoms with E-state index in [0.717, 1.165) is 21.8 Å². The zero-order valence-corrected chi connectivity index (χ0v) is 21.0. The number of rotatable bonds is 6. The number of hydrogen-bond donors (Lipinski definition) is 1. The van der Waals surface area contributed by atoms with E-state index in [1.165, 1.54) is 0 Å². The Morgan fingerprint density at radius 2 is 1.29 bits per heavy atom. The summed E-state index contributed by atoms with van der Waals surface area (Å²) in [4.78, 5) is 0. The van der Waals surface area contributed by atoms with E-state index in [1.54, 1.807) is 0 Å². The summed E-state index contributed by atoms with van der Waals surface area (Å²) in [5, 5.41) is 5.91. The van der Waals surface area contributed by atoms with Crippen molar-refractivity contribution in [1.82, 2.24) is 5.09 Å². The Kier molecular flexibility index (Phi) is 7.35. The van der Waals surface area contributed by atoms with Gasteiger partial charge in [0.25, 0.3) is 0 Å². The van der Waals surface area contributed by atoms with Crippen LogP contribution in [0.3, 0.4) is 0 Å². The number of hydrogen-bond acceptors (Lipinski definition) is 2. The van der Waals surface area contributed by atoms with Crippen LogP contribution >= 0.6 is 7.29 Å². The lowest BCUT2D eigenvalue weighted by atomic mass is 9.78. The molecular weight excluding hydrogens is 421 g/mol. The summed E-state index contributed by atoms with van der Waals surface area (Å²) in [5.74, 6) is 0.952. The lowest BCUT2D eigenvalue weighted by molar-refractivity contribution is 0.317. The van der Waals surface area contributed by atoms with Gasteiger partial charge in [-0.2, -0.15) is 0 Å². The van der Waals surface area contributed by atoms with Crippen LogP contribution < -0.4 is 15.7 Å². The zero-order chi connectivity index (χ0) is 22.9. The fourth-order valence-electron chi connectivity index (χ4n) is 3.64.